The van der Waals surface area contributed by atoms with Crippen molar-refractivity contribution in [2.75, 3.05) is 26.9 Å². The summed E-state index contributed by atoms with van der Waals surface area (Å²) in [6.07, 6.45) is 0. The van der Waals surface area contributed by atoms with Gasteiger partial charge in [-0.15, -0.1) is 0 Å². The van der Waals surface area contributed by atoms with Gasteiger partial charge in [-0.1, -0.05) is 23.2 Å². The van der Waals surface area contributed by atoms with Crippen LogP contribution in [0.25, 0.3) is 11.3 Å². The number of anilines is 1. The Morgan fingerprint density at radius 3 is 2.57 bits per heavy atom. The Kier molecular flexibility index (Phi) is 4.97. The maximum Gasteiger partial charge on any atom is 0.273 e. The van der Waals surface area contributed by atoms with Gasteiger partial charge in [0.25, 0.3) is 5.91 Å². The first-order valence-corrected chi connectivity index (χ1v) is 7.23. The number of benzene rings is 1. The fraction of sp³-hybridized carbons (Fsp3) is 0.200. The number of methoxy groups -OCH3 is 1. The van der Waals surface area contributed by atoms with Gasteiger partial charge in [-0.25, -0.2) is 9.37 Å². The van der Waals surface area contributed by atoms with Crippen molar-refractivity contribution in [3.8, 4) is 17.0 Å². The van der Waals surface area contributed by atoms with Gasteiger partial charge in [-0.3, -0.25) is 4.79 Å². The number of nitrogens with two attached hydrogens (primary N) is 1. The molecular weight excluding hydrogens is 344 g/mol. The lowest BCUT2D eigenvalue weighted by Gasteiger charge is -2.14. The SMILES string of the molecule is COc1c(Cl)ccc(-c2cc(N)c(Cl)c(C(=O)N(C)C)n2)c1F. The van der Waals surface area contributed by atoms with Crippen molar-refractivity contribution in [3.05, 3.63) is 39.8 Å². The van der Waals surface area contributed by atoms with Crippen molar-refractivity contribution in [2.24, 2.45) is 0 Å². The number of hydrogen-bond donors (Lipinski definition) is 1. The number of carbonyl (C=O) groups excluding carboxylic acids is 1. The number of amides is 1. The zero-order valence-corrected chi connectivity index (χ0v) is 14.2. The highest BCUT2D eigenvalue weighted by Crippen LogP contribution is 2.36. The number of halogens is 3. The molecule has 0 saturated carbocycles. The van der Waals surface area contributed by atoms with Gasteiger partial charge < -0.3 is 15.4 Å². The van der Waals surface area contributed by atoms with E-state index >= 15 is 0 Å². The van der Waals surface area contributed by atoms with Gasteiger partial charge >= 0.3 is 0 Å². The molecule has 0 atom stereocenters. The predicted octanol–water partition coefficient (Wildman–Crippen LogP) is 3.49. The Morgan fingerprint density at radius 2 is 2.00 bits per heavy atom. The Labute approximate surface area is 142 Å². The number of hydrogen-bond acceptors (Lipinski definition) is 4. The standard InChI is InChI=1S/C15H14Cl2FN3O2/c1-21(2)15(22)13-11(17)9(19)6-10(20-13)7-4-5-8(16)14(23-3)12(7)18/h4-6H,1-3H3,(H2,19,20). The van der Waals surface area contributed by atoms with Crippen molar-refractivity contribution in [2.45, 2.75) is 0 Å². The molecule has 1 aromatic heterocycles. The molecule has 0 fully saturated rings. The molecule has 0 radical (unpaired) electrons. The quantitative estimate of drug-likeness (QED) is 0.912. The van der Waals surface area contributed by atoms with Gasteiger partial charge in [0.05, 0.1) is 28.5 Å². The topological polar surface area (TPSA) is 68.5 Å². The van der Waals surface area contributed by atoms with E-state index in [-0.39, 0.29) is 38.4 Å². The van der Waals surface area contributed by atoms with Gasteiger partial charge in [0.15, 0.2) is 11.6 Å². The molecule has 0 aliphatic rings. The van der Waals surface area contributed by atoms with Gasteiger partial charge in [0.2, 0.25) is 0 Å². The van der Waals surface area contributed by atoms with Crippen LogP contribution in [0.15, 0.2) is 18.2 Å². The number of rotatable bonds is 3. The van der Waals surface area contributed by atoms with Gasteiger partial charge in [-0.05, 0) is 18.2 Å². The van der Waals surface area contributed by atoms with E-state index in [0.29, 0.717) is 0 Å². The second-order valence-electron chi connectivity index (χ2n) is 4.90. The van der Waals surface area contributed by atoms with Crippen molar-refractivity contribution in [1.29, 1.82) is 0 Å². The monoisotopic (exact) mass is 357 g/mol. The molecule has 2 N–H and O–H groups in total. The van der Waals surface area contributed by atoms with Gasteiger partial charge in [0.1, 0.15) is 5.69 Å². The van der Waals surface area contributed by atoms with Crippen LogP contribution in [0.5, 0.6) is 5.75 Å². The average molecular weight is 358 g/mol. The van der Waals surface area contributed by atoms with Crippen LogP contribution in [0.4, 0.5) is 10.1 Å². The normalized spacial score (nSPS) is 10.5. The summed E-state index contributed by atoms with van der Waals surface area (Å²) >= 11 is 11.9. The molecule has 122 valence electrons. The molecule has 23 heavy (non-hydrogen) atoms. The number of nitrogens with zero attached hydrogens (tertiary/aromatic N) is 2. The number of carbonyl (C=O) groups is 1. The van der Waals surface area contributed by atoms with Crippen LogP contribution in [-0.4, -0.2) is 37.0 Å². The summed E-state index contributed by atoms with van der Waals surface area (Å²) in [4.78, 5) is 17.6. The largest absolute Gasteiger partial charge is 0.492 e. The molecule has 1 amide bonds. The van der Waals surface area contributed by atoms with Crippen LogP contribution >= 0.6 is 23.2 Å². The van der Waals surface area contributed by atoms with Gasteiger partial charge in [-0.2, -0.15) is 0 Å². The van der Waals surface area contributed by atoms with Crippen molar-refractivity contribution >= 4 is 34.8 Å². The third-order valence-electron chi connectivity index (χ3n) is 3.12. The summed E-state index contributed by atoms with van der Waals surface area (Å²) < 4.78 is 19.5. The molecule has 0 unspecified atom stereocenters. The highest BCUT2D eigenvalue weighted by atomic mass is 35.5. The smallest absolute Gasteiger partial charge is 0.273 e. The first kappa shape index (κ1) is 17.3. The maximum atomic E-state index is 14.5. The van der Waals surface area contributed by atoms with Crippen molar-refractivity contribution < 1.29 is 13.9 Å². The molecule has 2 rings (SSSR count). The lowest BCUT2D eigenvalue weighted by atomic mass is 10.1. The highest BCUT2D eigenvalue weighted by Gasteiger charge is 2.21. The van der Waals surface area contributed by atoms with E-state index in [1.807, 2.05) is 0 Å². The minimum atomic E-state index is -0.697. The molecule has 0 aliphatic carbocycles. The summed E-state index contributed by atoms with van der Waals surface area (Å²) in [7, 11) is 4.41. The Bertz CT molecular complexity index is 782. The fourth-order valence-electron chi connectivity index (χ4n) is 1.96. The van der Waals surface area contributed by atoms with Crippen LogP contribution in [0.1, 0.15) is 10.5 Å². The van der Waals surface area contributed by atoms with E-state index in [4.69, 9.17) is 33.7 Å². The Morgan fingerprint density at radius 1 is 1.35 bits per heavy atom. The third kappa shape index (κ3) is 3.18. The van der Waals surface area contributed by atoms with E-state index in [9.17, 15) is 9.18 Å². The van der Waals surface area contributed by atoms with E-state index < -0.39 is 11.7 Å². The Hall–Kier alpha value is -2.05. The van der Waals surface area contributed by atoms with E-state index in [0.717, 1.165) is 0 Å². The van der Waals surface area contributed by atoms with Crippen molar-refractivity contribution in [3.63, 3.8) is 0 Å². The first-order valence-electron chi connectivity index (χ1n) is 6.48. The predicted molar refractivity (Wildman–Crippen MR) is 88.6 cm³/mol. The molecule has 8 heteroatoms. The first-order chi connectivity index (χ1) is 10.8. The van der Waals surface area contributed by atoms with Crippen LogP contribution < -0.4 is 10.5 Å². The van der Waals surface area contributed by atoms with E-state index in [1.165, 1.54) is 30.2 Å². The van der Waals surface area contributed by atoms with Gasteiger partial charge in [0, 0.05) is 19.7 Å². The minimum Gasteiger partial charge on any atom is -0.492 e. The summed E-state index contributed by atoms with van der Waals surface area (Å²) in [5.74, 6) is -1.25. The summed E-state index contributed by atoms with van der Waals surface area (Å²) in [6, 6.07) is 4.29. The van der Waals surface area contributed by atoms with Crippen LogP contribution in [0.3, 0.4) is 0 Å². The molecule has 1 aromatic carbocycles. The second kappa shape index (κ2) is 6.60. The molecule has 0 saturated heterocycles. The van der Waals surface area contributed by atoms with E-state index in [1.54, 1.807) is 14.1 Å². The fourth-order valence-corrected chi connectivity index (χ4v) is 2.36. The molecule has 2 aromatic rings. The maximum absolute atomic E-state index is 14.5. The molecule has 5 nitrogen and oxygen atoms in total. The van der Waals surface area contributed by atoms with Crippen LogP contribution in [0.2, 0.25) is 10.0 Å². The zero-order valence-electron chi connectivity index (χ0n) is 12.7. The summed E-state index contributed by atoms with van der Waals surface area (Å²) in [6.45, 7) is 0. The lowest BCUT2D eigenvalue weighted by molar-refractivity contribution is 0.0822. The molecular formula is C15H14Cl2FN3O2. The number of ether oxygens (including phenoxy) is 1. The number of pyridine rings is 1. The average Bonchev–Trinajstić information content (AvgIpc) is 2.50. The number of nitrogen functional groups attached to an aromatic ring is 1. The minimum absolute atomic E-state index is 0.0220. The lowest BCUT2D eigenvalue weighted by Crippen LogP contribution is -2.23. The van der Waals surface area contributed by atoms with Crippen molar-refractivity contribution in [1.82, 2.24) is 9.88 Å². The Balaban J connectivity index is 2.69. The summed E-state index contributed by atoms with van der Waals surface area (Å²) in [5, 5.41) is 0.147. The molecule has 1 heterocycles. The molecule has 0 aliphatic heterocycles. The van der Waals surface area contributed by atoms with Crippen LogP contribution in [-0.2, 0) is 0 Å². The third-order valence-corrected chi connectivity index (χ3v) is 3.82. The second-order valence-corrected chi connectivity index (χ2v) is 5.69. The highest BCUT2D eigenvalue weighted by molar-refractivity contribution is 6.36. The zero-order chi connectivity index (χ0) is 17.3. The molecule has 0 bridgehead atoms. The van der Waals surface area contributed by atoms with E-state index in [2.05, 4.69) is 4.98 Å². The summed E-state index contributed by atoms with van der Waals surface area (Å²) in [5.41, 5.74) is 6.15. The molecule has 0 spiro atoms. The van der Waals surface area contributed by atoms with Crippen LogP contribution in [0, 0.1) is 5.82 Å². The number of aromatic nitrogens is 1.